The second-order valence-electron chi connectivity index (χ2n) is 4.15. The SMILES string of the molecule is O=C(O)c1ccc(OC(=O)c2cccc([N+](=O)[O-])c2O)cc1. The molecule has 0 aliphatic rings. The summed E-state index contributed by atoms with van der Waals surface area (Å²) in [6, 6.07) is 8.45. The van der Waals surface area contributed by atoms with Gasteiger partial charge in [-0.25, -0.2) is 9.59 Å². The molecule has 2 N–H and O–H groups in total. The zero-order chi connectivity index (χ0) is 16.3. The van der Waals surface area contributed by atoms with E-state index in [-0.39, 0.29) is 16.9 Å². The van der Waals surface area contributed by atoms with Crippen LogP contribution in [0.3, 0.4) is 0 Å². The van der Waals surface area contributed by atoms with E-state index in [0.29, 0.717) is 0 Å². The van der Waals surface area contributed by atoms with Gasteiger partial charge in [0, 0.05) is 6.07 Å². The molecule has 0 spiro atoms. The van der Waals surface area contributed by atoms with Crippen molar-refractivity contribution in [3.05, 3.63) is 63.7 Å². The van der Waals surface area contributed by atoms with E-state index in [1.165, 1.54) is 36.4 Å². The molecule has 8 nitrogen and oxygen atoms in total. The molecule has 0 atom stereocenters. The summed E-state index contributed by atoms with van der Waals surface area (Å²) < 4.78 is 4.94. The van der Waals surface area contributed by atoms with Crippen molar-refractivity contribution in [2.24, 2.45) is 0 Å². The molecule has 2 rings (SSSR count). The lowest BCUT2D eigenvalue weighted by atomic mass is 10.1. The second kappa shape index (κ2) is 5.92. The molecule has 0 aromatic heterocycles. The molecule has 22 heavy (non-hydrogen) atoms. The minimum absolute atomic E-state index is 0.0120. The number of carbonyl (C=O) groups is 2. The summed E-state index contributed by atoms with van der Waals surface area (Å²) in [5.41, 5.74) is -0.967. The molecule has 2 aromatic rings. The lowest BCUT2D eigenvalue weighted by molar-refractivity contribution is -0.385. The average molecular weight is 303 g/mol. The van der Waals surface area contributed by atoms with Crippen molar-refractivity contribution < 1.29 is 29.5 Å². The van der Waals surface area contributed by atoms with Gasteiger partial charge in [-0.05, 0) is 30.3 Å². The Hall–Kier alpha value is -3.42. The van der Waals surface area contributed by atoms with Crippen LogP contribution in [0.4, 0.5) is 5.69 Å². The summed E-state index contributed by atoms with van der Waals surface area (Å²) in [7, 11) is 0. The number of esters is 1. The van der Waals surface area contributed by atoms with E-state index in [9.17, 15) is 24.8 Å². The molecule has 0 aliphatic heterocycles. The fraction of sp³-hybridized carbons (Fsp3) is 0. The van der Waals surface area contributed by atoms with E-state index >= 15 is 0 Å². The number of phenols is 1. The lowest BCUT2D eigenvalue weighted by Crippen LogP contribution is -2.09. The smallest absolute Gasteiger partial charge is 0.347 e. The molecule has 8 heteroatoms. The Morgan fingerprint density at radius 2 is 1.73 bits per heavy atom. The standard InChI is InChI=1S/C14H9NO7/c16-12-10(2-1-3-11(12)15(20)21)14(19)22-9-6-4-8(5-7-9)13(17)18/h1-7,16H,(H,17,18). The van der Waals surface area contributed by atoms with Gasteiger partial charge in [-0.15, -0.1) is 0 Å². The number of carbonyl (C=O) groups excluding carboxylic acids is 1. The van der Waals surface area contributed by atoms with Gasteiger partial charge in [0.15, 0.2) is 0 Å². The molecule has 0 heterocycles. The van der Waals surface area contributed by atoms with Crippen LogP contribution in [-0.2, 0) is 0 Å². The van der Waals surface area contributed by atoms with Crippen LogP contribution in [0, 0.1) is 10.1 Å². The summed E-state index contributed by atoms with van der Waals surface area (Å²) in [4.78, 5) is 32.5. The molecular formula is C14H9NO7. The van der Waals surface area contributed by atoms with Gasteiger partial charge in [-0.2, -0.15) is 0 Å². The van der Waals surface area contributed by atoms with Gasteiger partial charge >= 0.3 is 17.6 Å². The van der Waals surface area contributed by atoms with Crippen molar-refractivity contribution in [2.75, 3.05) is 0 Å². The summed E-state index contributed by atoms with van der Waals surface area (Å²) >= 11 is 0. The third-order valence-corrected chi connectivity index (χ3v) is 2.74. The Kier molecular flexibility index (Phi) is 4.03. The minimum atomic E-state index is -1.13. The maximum absolute atomic E-state index is 11.9. The molecule has 0 amide bonds. The Labute approximate surface area is 123 Å². The molecule has 0 radical (unpaired) electrons. The number of rotatable bonds is 4. The highest BCUT2D eigenvalue weighted by Gasteiger charge is 2.22. The van der Waals surface area contributed by atoms with Gasteiger partial charge in [-0.1, -0.05) is 6.07 Å². The van der Waals surface area contributed by atoms with Gasteiger partial charge in [0.2, 0.25) is 5.75 Å². The Balaban J connectivity index is 2.24. The van der Waals surface area contributed by atoms with E-state index in [1.807, 2.05) is 0 Å². The zero-order valence-corrected chi connectivity index (χ0v) is 10.9. The van der Waals surface area contributed by atoms with Crippen LogP contribution < -0.4 is 4.74 Å². The van der Waals surface area contributed by atoms with E-state index < -0.39 is 28.3 Å². The van der Waals surface area contributed by atoms with Crippen molar-refractivity contribution >= 4 is 17.6 Å². The molecule has 0 unspecified atom stereocenters. The molecule has 0 aliphatic carbocycles. The van der Waals surface area contributed by atoms with Gasteiger partial charge in [0.25, 0.3) is 0 Å². The number of benzene rings is 2. The summed E-state index contributed by atoms with van der Waals surface area (Å²) in [6.07, 6.45) is 0. The first kappa shape index (κ1) is 15.0. The van der Waals surface area contributed by atoms with Crippen molar-refractivity contribution in [1.29, 1.82) is 0 Å². The van der Waals surface area contributed by atoms with Gasteiger partial charge in [0.05, 0.1) is 10.5 Å². The van der Waals surface area contributed by atoms with Crippen LogP contribution in [-0.4, -0.2) is 27.1 Å². The Bertz CT molecular complexity index is 752. The number of ether oxygens (including phenoxy) is 1. The van der Waals surface area contributed by atoms with Gasteiger partial charge in [-0.3, -0.25) is 10.1 Å². The minimum Gasteiger partial charge on any atom is -0.501 e. The molecule has 112 valence electrons. The van der Waals surface area contributed by atoms with Crippen molar-refractivity contribution in [3.63, 3.8) is 0 Å². The van der Waals surface area contributed by atoms with Crippen LogP contribution in [0.2, 0.25) is 0 Å². The van der Waals surface area contributed by atoms with Gasteiger partial charge in [0.1, 0.15) is 11.3 Å². The first-order chi connectivity index (χ1) is 10.4. The molecular weight excluding hydrogens is 294 g/mol. The number of aromatic hydroxyl groups is 1. The van der Waals surface area contributed by atoms with Crippen LogP contribution in [0.25, 0.3) is 0 Å². The number of nitro groups is 1. The third-order valence-electron chi connectivity index (χ3n) is 2.74. The third kappa shape index (κ3) is 3.01. The first-order valence-corrected chi connectivity index (χ1v) is 5.92. The average Bonchev–Trinajstić information content (AvgIpc) is 2.47. The maximum atomic E-state index is 11.9. The predicted octanol–water partition coefficient (Wildman–Crippen LogP) is 2.22. The lowest BCUT2D eigenvalue weighted by Gasteiger charge is -2.06. The monoisotopic (exact) mass is 303 g/mol. The molecule has 0 saturated heterocycles. The van der Waals surface area contributed by atoms with Crippen LogP contribution >= 0.6 is 0 Å². The highest BCUT2D eigenvalue weighted by molar-refractivity contribution is 5.95. The number of nitro benzene ring substituents is 1. The summed E-state index contributed by atoms with van der Waals surface area (Å²) in [6.45, 7) is 0. The van der Waals surface area contributed by atoms with Gasteiger partial charge < -0.3 is 14.9 Å². The maximum Gasteiger partial charge on any atom is 0.347 e. The van der Waals surface area contributed by atoms with Crippen molar-refractivity contribution in [2.45, 2.75) is 0 Å². The summed E-state index contributed by atoms with van der Waals surface area (Å²) in [5.74, 6) is -2.88. The quantitative estimate of drug-likeness (QED) is 0.383. The van der Waals surface area contributed by atoms with E-state index in [0.717, 1.165) is 6.07 Å². The van der Waals surface area contributed by atoms with Crippen LogP contribution in [0.15, 0.2) is 42.5 Å². The highest BCUT2D eigenvalue weighted by Crippen LogP contribution is 2.30. The number of carboxylic acids is 1. The predicted molar refractivity (Wildman–Crippen MR) is 73.1 cm³/mol. The number of hydrogen-bond acceptors (Lipinski definition) is 6. The fourth-order valence-corrected chi connectivity index (χ4v) is 1.67. The number of carboxylic acid groups (broad SMARTS) is 1. The molecule has 2 aromatic carbocycles. The van der Waals surface area contributed by atoms with Crippen molar-refractivity contribution in [3.8, 4) is 11.5 Å². The van der Waals surface area contributed by atoms with Crippen LogP contribution in [0.5, 0.6) is 11.5 Å². The normalized spacial score (nSPS) is 10.0. The van der Waals surface area contributed by atoms with E-state index in [4.69, 9.17) is 9.84 Å². The number of aromatic carboxylic acids is 1. The number of hydrogen-bond donors (Lipinski definition) is 2. The number of para-hydroxylation sites is 1. The largest absolute Gasteiger partial charge is 0.501 e. The first-order valence-electron chi connectivity index (χ1n) is 5.92. The summed E-state index contributed by atoms with van der Waals surface area (Å²) in [5, 5.41) is 29.1. The molecule has 0 fully saturated rings. The molecule has 0 saturated carbocycles. The molecule has 0 bridgehead atoms. The Morgan fingerprint density at radius 3 is 2.27 bits per heavy atom. The van der Waals surface area contributed by atoms with Crippen molar-refractivity contribution in [1.82, 2.24) is 0 Å². The number of phenolic OH excluding ortho intramolecular Hbond substituents is 1. The zero-order valence-electron chi connectivity index (χ0n) is 10.9. The number of nitrogens with zero attached hydrogens (tertiary/aromatic N) is 1. The second-order valence-corrected chi connectivity index (χ2v) is 4.15. The Morgan fingerprint density at radius 1 is 1.09 bits per heavy atom. The van der Waals surface area contributed by atoms with Crippen LogP contribution in [0.1, 0.15) is 20.7 Å². The fourth-order valence-electron chi connectivity index (χ4n) is 1.67. The topological polar surface area (TPSA) is 127 Å². The van der Waals surface area contributed by atoms with E-state index in [1.54, 1.807) is 0 Å². The highest BCUT2D eigenvalue weighted by atomic mass is 16.6. The van der Waals surface area contributed by atoms with E-state index in [2.05, 4.69) is 0 Å².